The maximum Gasteiger partial charge on any atom is 0.264 e. The maximum atomic E-state index is 12.6. The third kappa shape index (κ3) is 3.65. The predicted molar refractivity (Wildman–Crippen MR) is 105 cm³/mol. The summed E-state index contributed by atoms with van der Waals surface area (Å²) in [4.78, 5) is 4.80. The Balaban J connectivity index is 1.88. The second kappa shape index (κ2) is 7.33. The molecule has 1 aliphatic heterocycles. The van der Waals surface area contributed by atoms with Gasteiger partial charge in [0.05, 0.1) is 7.11 Å². The highest BCUT2D eigenvalue weighted by Gasteiger charge is 2.32. The first-order chi connectivity index (χ1) is 12.4. The van der Waals surface area contributed by atoms with E-state index in [0.29, 0.717) is 29.3 Å². The van der Waals surface area contributed by atoms with Gasteiger partial charge in [-0.25, -0.2) is 8.42 Å². The average Bonchev–Trinajstić information content (AvgIpc) is 2.89. The summed E-state index contributed by atoms with van der Waals surface area (Å²) in [5.41, 5.74) is 2.43. The fraction of sp³-hybridized carbons (Fsp3) is 0.250. The maximum absolute atomic E-state index is 12.6. The van der Waals surface area contributed by atoms with Gasteiger partial charge in [0.25, 0.3) is 10.0 Å². The zero-order valence-electron chi connectivity index (χ0n) is 15.1. The lowest BCUT2D eigenvalue weighted by molar-refractivity contribution is 0.415. The van der Waals surface area contributed by atoms with Crippen LogP contribution in [-0.2, 0) is 10.0 Å². The van der Waals surface area contributed by atoms with Crippen molar-refractivity contribution in [3.8, 4) is 5.75 Å². The van der Waals surface area contributed by atoms with Crippen LogP contribution in [0.1, 0.15) is 30.9 Å². The topological polar surface area (TPSA) is 67.8 Å². The number of nitrogens with one attached hydrogen (secondary N) is 1. The number of hydrogen-bond donors (Lipinski definition) is 1. The molecule has 0 saturated heterocycles. The molecule has 0 amide bonds. The Morgan fingerprint density at radius 3 is 2.35 bits per heavy atom. The highest BCUT2D eigenvalue weighted by molar-refractivity contribution is 8.00. The minimum Gasteiger partial charge on any atom is -0.497 e. The molecule has 1 aliphatic rings. The fourth-order valence-corrected chi connectivity index (χ4v) is 4.46. The van der Waals surface area contributed by atoms with E-state index >= 15 is 0 Å². The van der Waals surface area contributed by atoms with Crippen molar-refractivity contribution in [2.75, 3.05) is 13.7 Å². The van der Waals surface area contributed by atoms with Crippen LogP contribution in [0.5, 0.6) is 5.75 Å². The number of nitrogens with zero attached hydrogens (tertiary/aromatic N) is 1. The molecule has 0 bridgehead atoms. The van der Waals surface area contributed by atoms with Gasteiger partial charge in [0.15, 0.2) is 0 Å². The fourth-order valence-electron chi connectivity index (χ4n) is 2.94. The van der Waals surface area contributed by atoms with E-state index in [0.717, 1.165) is 0 Å². The van der Waals surface area contributed by atoms with Crippen LogP contribution in [0.3, 0.4) is 0 Å². The van der Waals surface area contributed by atoms with E-state index in [4.69, 9.17) is 4.74 Å². The second-order valence-electron chi connectivity index (χ2n) is 6.29. The molecule has 1 heterocycles. The van der Waals surface area contributed by atoms with Crippen LogP contribution in [0, 0.1) is 0 Å². The Hall–Kier alpha value is -2.60. The van der Waals surface area contributed by atoms with Gasteiger partial charge in [-0.05, 0) is 42.3 Å². The van der Waals surface area contributed by atoms with E-state index in [1.165, 1.54) is 5.56 Å². The minimum absolute atomic E-state index is 0.200. The van der Waals surface area contributed by atoms with E-state index in [1.807, 2.05) is 18.2 Å². The molecule has 0 spiro atoms. The van der Waals surface area contributed by atoms with E-state index in [-0.39, 0.29) is 10.8 Å². The van der Waals surface area contributed by atoms with Gasteiger partial charge >= 0.3 is 0 Å². The summed E-state index contributed by atoms with van der Waals surface area (Å²) in [6, 6.07) is 17.0. The van der Waals surface area contributed by atoms with Crippen molar-refractivity contribution in [1.82, 2.24) is 4.72 Å². The van der Waals surface area contributed by atoms with Gasteiger partial charge in [-0.3, -0.25) is 9.71 Å². The molecule has 0 fully saturated rings. The van der Waals surface area contributed by atoms with Crippen molar-refractivity contribution >= 4 is 20.8 Å². The molecule has 26 heavy (non-hydrogen) atoms. The summed E-state index contributed by atoms with van der Waals surface area (Å²) in [7, 11) is -2.04. The third-order valence-electron chi connectivity index (χ3n) is 4.44. The van der Waals surface area contributed by atoms with Crippen LogP contribution in [0.4, 0.5) is 0 Å². The molecule has 136 valence electrons. The molecule has 5 nitrogen and oxygen atoms in total. The van der Waals surface area contributed by atoms with Crippen LogP contribution in [0.25, 0.3) is 4.91 Å². The number of benzene rings is 2. The number of aliphatic imine (C=N–C) groups is 1. The van der Waals surface area contributed by atoms with E-state index in [9.17, 15) is 8.42 Å². The van der Waals surface area contributed by atoms with Crippen molar-refractivity contribution in [2.45, 2.75) is 19.8 Å². The molecule has 0 aromatic heterocycles. The molecular formula is C20H22N2O3S. The van der Waals surface area contributed by atoms with Gasteiger partial charge in [-0.2, -0.15) is 0 Å². The van der Waals surface area contributed by atoms with Crippen LogP contribution in [0.15, 0.2) is 65.2 Å². The molecule has 2 aromatic carbocycles. The summed E-state index contributed by atoms with van der Waals surface area (Å²) >= 11 is 0. The highest BCUT2D eigenvalue weighted by Crippen LogP contribution is 2.31. The van der Waals surface area contributed by atoms with Crippen LogP contribution >= 0.6 is 0 Å². The van der Waals surface area contributed by atoms with Gasteiger partial charge in [-0.15, -0.1) is 0 Å². The molecule has 1 atom stereocenters. The number of methoxy groups -OCH3 is 1. The zero-order valence-corrected chi connectivity index (χ0v) is 15.9. The molecule has 0 aliphatic carbocycles. The van der Waals surface area contributed by atoms with E-state index < -0.39 is 10.0 Å². The molecule has 0 unspecified atom stereocenters. The summed E-state index contributed by atoms with van der Waals surface area (Å²) < 4.78 is 32.9. The Labute approximate surface area is 154 Å². The number of sulfonamides is 1. The molecule has 0 saturated carbocycles. The Kier molecular flexibility index (Phi) is 5.13. The van der Waals surface area contributed by atoms with Crippen molar-refractivity contribution < 1.29 is 13.2 Å². The molecule has 6 heteroatoms. The smallest absolute Gasteiger partial charge is 0.264 e. The monoisotopic (exact) mass is 370 g/mol. The van der Waals surface area contributed by atoms with E-state index in [2.05, 4.69) is 28.8 Å². The molecule has 3 rings (SSSR count). The third-order valence-corrected chi connectivity index (χ3v) is 5.98. The van der Waals surface area contributed by atoms with Crippen LogP contribution in [0.2, 0.25) is 0 Å². The SMILES string of the molecule is COc1ccc(C2=C(C)C(=NC[C@H](C)c3ccccc3)NS2(=O)=O)cc1. The first-order valence-corrected chi connectivity index (χ1v) is 9.88. The lowest BCUT2D eigenvalue weighted by Crippen LogP contribution is -2.24. The Morgan fingerprint density at radius 1 is 1.08 bits per heavy atom. The quantitative estimate of drug-likeness (QED) is 0.875. The number of hydrogen-bond acceptors (Lipinski definition) is 4. The molecule has 1 N–H and O–H groups in total. The van der Waals surface area contributed by atoms with Crippen LogP contribution in [-0.4, -0.2) is 27.9 Å². The second-order valence-corrected chi connectivity index (χ2v) is 7.91. The standard InChI is InChI=1S/C20H22N2O3S/c1-14(16-7-5-4-6-8-16)13-21-20-15(2)19(26(23,24)22-20)17-9-11-18(25-3)12-10-17/h4-12,14H,13H2,1-3H3,(H,21,22)/t14-/m0/s1. The van der Waals surface area contributed by atoms with Gasteiger partial charge in [0.1, 0.15) is 16.5 Å². The lowest BCUT2D eigenvalue weighted by Gasteiger charge is -2.09. The summed E-state index contributed by atoms with van der Waals surface area (Å²) in [6.07, 6.45) is 0. The number of rotatable bonds is 5. The first-order valence-electron chi connectivity index (χ1n) is 8.40. The Bertz CT molecular complexity index is 946. The summed E-state index contributed by atoms with van der Waals surface area (Å²) in [5, 5.41) is 0. The van der Waals surface area contributed by atoms with Crippen LogP contribution < -0.4 is 9.46 Å². The van der Waals surface area contributed by atoms with Gasteiger partial charge in [0, 0.05) is 18.0 Å². The van der Waals surface area contributed by atoms with Crippen molar-refractivity contribution in [1.29, 1.82) is 0 Å². The molecule has 2 aromatic rings. The normalized spacial score (nSPS) is 18.7. The lowest BCUT2D eigenvalue weighted by atomic mass is 10.0. The van der Waals surface area contributed by atoms with E-state index in [1.54, 1.807) is 38.3 Å². The highest BCUT2D eigenvalue weighted by atomic mass is 32.2. The van der Waals surface area contributed by atoms with Crippen molar-refractivity contribution in [3.05, 3.63) is 71.3 Å². The summed E-state index contributed by atoms with van der Waals surface area (Å²) in [5.74, 6) is 1.30. The first kappa shape index (κ1) is 18.2. The average molecular weight is 370 g/mol. The Morgan fingerprint density at radius 2 is 1.73 bits per heavy atom. The van der Waals surface area contributed by atoms with Gasteiger partial charge < -0.3 is 4.74 Å². The molecular weight excluding hydrogens is 348 g/mol. The van der Waals surface area contributed by atoms with Gasteiger partial charge in [-0.1, -0.05) is 37.3 Å². The summed E-state index contributed by atoms with van der Waals surface area (Å²) in [6.45, 7) is 4.37. The largest absolute Gasteiger partial charge is 0.497 e. The van der Waals surface area contributed by atoms with Gasteiger partial charge in [0.2, 0.25) is 0 Å². The van der Waals surface area contributed by atoms with Crippen molar-refractivity contribution in [3.63, 3.8) is 0 Å². The number of amidine groups is 1. The zero-order chi connectivity index (χ0) is 18.7. The molecule has 0 radical (unpaired) electrons. The predicted octanol–water partition coefficient (Wildman–Crippen LogP) is 3.56. The minimum atomic E-state index is -3.61. The number of ether oxygens (including phenoxy) is 1. The van der Waals surface area contributed by atoms with Crippen molar-refractivity contribution in [2.24, 2.45) is 4.99 Å².